The summed E-state index contributed by atoms with van der Waals surface area (Å²) in [5.41, 5.74) is 1.39. The summed E-state index contributed by atoms with van der Waals surface area (Å²) in [6.45, 7) is 1.75. The molecule has 3 heterocycles. The highest BCUT2D eigenvalue weighted by Gasteiger charge is 2.18. The van der Waals surface area contributed by atoms with Crippen LogP contribution < -0.4 is 10.9 Å². The summed E-state index contributed by atoms with van der Waals surface area (Å²) in [7, 11) is 0. The van der Waals surface area contributed by atoms with Gasteiger partial charge in [0.15, 0.2) is 5.65 Å². The first kappa shape index (κ1) is 22.1. The average Bonchev–Trinajstić information content (AvgIpc) is 3.38. The van der Waals surface area contributed by atoms with E-state index in [4.69, 9.17) is 34.8 Å². The van der Waals surface area contributed by atoms with Crippen molar-refractivity contribution in [1.82, 2.24) is 29.5 Å². The Labute approximate surface area is 206 Å². The number of carbonyl (C=O) groups excluding carboxylic acids is 1. The molecule has 170 valence electrons. The van der Waals surface area contributed by atoms with Gasteiger partial charge in [-0.3, -0.25) is 14.6 Å². The first-order valence-corrected chi connectivity index (χ1v) is 11.0. The summed E-state index contributed by atoms with van der Waals surface area (Å²) in [6.07, 6.45) is 1.43. The molecule has 9 nitrogen and oxygen atoms in total. The second-order valence-electron chi connectivity index (χ2n) is 7.32. The second-order valence-corrected chi connectivity index (χ2v) is 8.60. The lowest BCUT2D eigenvalue weighted by Gasteiger charge is -2.10. The Morgan fingerprint density at radius 1 is 1.00 bits per heavy atom. The van der Waals surface area contributed by atoms with Crippen LogP contribution in [0.3, 0.4) is 0 Å². The number of aryl methyl sites for hydroxylation is 1. The third-order valence-corrected chi connectivity index (χ3v) is 5.75. The number of carbonyl (C=O) groups is 1. The van der Waals surface area contributed by atoms with E-state index in [1.54, 1.807) is 43.3 Å². The van der Waals surface area contributed by atoms with Crippen LogP contribution in [0.25, 0.3) is 22.7 Å². The number of aromatic amines is 1. The third-order valence-electron chi connectivity index (χ3n) is 4.95. The van der Waals surface area contributed by atoms with E-state index >= 15 is 0 Å². The number of H-pyrrole nitrogens is 1. The van der Waals surface area contributed by atoms with Gasteiger partial charge in [-0.15, -0.1) is 0 Å². The third kappa shape index (κ3) is 4.05. The van der Waals surface area contributed by atoms with Crippen molar-refractivity contribution >= 4 is 57.6 Å². The van der Waals surface area contributed by atoms with Gasteiger partial charge in [-0.2, -0.15) is 19.9 Å². The van der Waals surface area contributed by atoms with Crippen molar-refractivity contribution in [2.24, 2.45) is 0 Å². The fourth-order valence-electron chi connectivity index (χ4n) is 3.39. The zero-order chi connectivity index (χ0) is 24.0. The lowest BCUT2D eigenvalue weighted by atomic mass is 10.2. The van der Waals surface area contributed by atoms with Gasteiger partial charge >= 0.3 is 0 Å². The second kappa shape index (κ2) is 8.60. The number of hydrogen-bond acceptors (Lipinski definition) is 5. The van der Waals surface area contributed by atoms with E-state index in [1.807, 2.05) is 0 Å². The maximum Gasteiger partial charge on any atom is 0.263 e. The molecule has 5 aromatic rings. The van der Waals surface area contributed by atoms with Crippen LogP contribution in [0.1, 0.15) is 16.1 Å². The highest BCUT2D eigenvalue weighted by molar-refractivity contribution is 6.37. The lowest BCUT2D eigenvalue weighted by molar-refractivity contribution is 0.102. The van der Waals surface area contributed by atoms with Crippen LogP contribution in [0.5, 0.6) is 0 Å². The molecule has 0 saturated carbocycles. The molecule has 2 N–H and O–H groups in total. The van der Waals surface area contributed by atoms with Gasteiger partial charge in [-0.1, -0.05) is 34.8 Å². The van der Waals surface area contributed by atoms with Gasteiger partial charge in [0.25, 0.3) is 11.5 Å². The predicted molar refractivity (Wildman–Crippen MR) is 131 cm³/mol. The van der Waals surface area contributed by atoms with Crippen LogP contribution in [-0.2, 0) is 0 Å². The minimum atomic E-state index is -0.475. The molecule has 0 aliphatic heterocycles. The number of amides is 1. The fraction of sp³-hybridized carbons (Fsp3) is 0.0455. The Balaban J connectivity index is 1.58. The van der Waals surface area contributed by atoms with Crippen molar-refractivity contribution in [3.8, 4) is 11.6 Å². The summed E-state index contributed by atoms with van der Waals surface area (Å²) in [5.74, 6) is -0.0927. The van der Waals surface area contributed by atoms with Crippen molar-refractivity contribution in [2.45, 2.75) is 6.92 Å². The molecule has 0 spiro atoms. The van der Waals surface area contributed by atoms with Crippen LogP contribution in [0.15, 0.2) is 59.5 Å². The number of aromatic nitrogens is 6. The van der Waals surface area contributed by atoms with Crippen molar-refractivity contribution in [3.05, 3.63) is 91.4 Å². The van der Waals surface area contributed by atoms with Crippen LogP contribution in [0.2, 0.25) is 15.1 Å². The summed E-state index contributed by atoms with van der Waals surface area (Å²) in [6, 6.07) is 13.2. The Kier molecular flexibility index (Phi) is 5.60. The number of rotatable bonds is 4. The van der Waals surface area contributed by atoms with Crippen LogP contribution in [-0.4, -0.2) is 35.4 Å². The van der Waals surface area contributed by atoms with E-state index in [0.717, 1.165) is 0 Å². The van der Waals surface area contributed by atoms with E-state index in [0.29, 0.717) is 32.5 Å². The number of benzene rings is 2. The van der Waals surface area contributed by atoms with Gasteiger partial charge in [0.2, 0.25) is 5.95 Å². The summed E-state index contributed by atoms with van der Waals surface area (Å²) in [4.78, 5) is 32.9. The van der Waals surface area contributed by atoms with Crippen LogP contribution in [0, 0.1) is 6.92 Å². The highest BCUT2D eigenvalue weighted by atomic mass is 35.5. The Morgan fingerprint density at radius 2 is 1.74 bits per heavy atom. The molecule has 34 heavy (non-hydrogen) atoms. The first-order valence-electron chi connectivity index (χ1n) is 9.87. The van der Waals surface area contributed by atoms with Gasteiger partial charge in [-0.25, -0.2) is 4.68 Å². The van der Waals surface area contributed by atoms with Crippen molar-refractivity contribution in [1.29, 1.82) is 0 Å². The van der Waals surface area contributed by atoms with Gasteiger partial charge < -0.3 is 5.32 Å². The first-order chi connectivity index (χ1) is 16.3. The van der Waals surface area contributed by atoms with Gasteiger partial charge in [0.1, 0.15) is 11.2 Å². The molecule has 0 atom stereocenters. The monoisotopic (exact) mass is 513 g/mol. The molecule has 12 heteroatoms. The number of anilines is 1. The van der Waals surface area contributed by atoms with Crippen molar-refractivity contribution in [2.75, 3.05) is 5.32 Å². The SMILES string of the molecule is Cc1cc(NC(=O)c2ccc(Cl)cc2Cl)n(-c2nc3c(cnn3-c3ccc(Cl)cc3)c(=O)[nH]2)n1. The van der Waals surface area contributed by atoms with E-state index in [2.05, 4.69) is 25.5 Å². The molecule has 3 aromatic heterocycles. The van der Waals surface area contributed by atoms with E-state index in [1.165, 1.54) is 27.7 Å². The molecular weight excluding hydrogens is 501 g/mol. The molecular formula is C22H14Cl3N7O2. The summed E-state index contributed by atoms with van der Waals surface area (Å²) in [5, 5.41) is 12.9. The minimum absolute atomic E-state index is 0.0961. The lowest BCUT2D eigenvalue weighted by Crippen LogP contribution is -2.19. The van der Waals surface area contributed by atoms with Crippen molar-refractivity contribution < 1.29 is 4.79 Å². The fourth-order valence-corrected chi connectivity index (χ4v) is 4.01. The number of nitrogens with zero attached hydrogens (tertiary/aromatic N) is 5. The molecule has 0 radical (unpaired) electrons. The predicted octanol–water partition coefficient (Wildman–Crippen LogP) is 4.82. The standard InChI is InChI=1S/C22H14Cl3N7O2/c1-11-8-18(27-20(33)15-7-4-13(24)9-17(15)25)32(30-11)22-28-19-16(21(34)29-22)10-26-31(19)14-5-2-12(23)3-6-14/h2-10H,1H3,(H,27,33)(H,28,29,34). The summed E-state index contributed by atoms with van der Waals surface area (Å²) < 4.78 is 2.85. The van der Waals surface area contributed by atoms with E-state index < -0.39 is 11.5 Å². The molecule has 5 rings (SSSR count). The zero-order valence-corrected chi connectivity index (χ0v) is 19.7. The highest BCUT2D eigenvalue weighted by Crippen LogP contribution is 2.23. The Morgan fingerprint density at radius 3 is 2.47 bits per heavy atom. The van der Waals surface area contributed by atoms with E-state index in [9.17, 15) is 9.59 Å². The number of fused-ring (bicyclic) bond motifs is 1. The van der Waals surface area contributed by atoms with Crippen LogP contribution in [0.4, 0.5) is 5.82 Å². The largest absolute Gasteiger partial charge is 0.306 e. The zero-order valence-electron chi connectivity index (χ0n) is 17.4. The Hall–Kier alpha value is -3.66. The number of nitrogens with one attached hydrogen (secondary N) is 2. The summed E-state index contributed by atoms with van der Waals surface area (Å²) >= 11 is 18.1. The van der Waals surface area contributed by atoms with Crippen molar-refractivity contribution in [3.63, 3.8) is 0 Å². The molecule has 1 amide bonds. The molecule has 0 bridgehead atoms. The molecule has 0 unspecified atom stereocenters. The average molecular weight is 515 g/mol. The van der Waals surface area contributed by atoms with E-state index in [-0.39, 0.29) is 22.4 Å². The molecule has 0 saturated heterocycles. The Bertz CT molecular complexity index is 1620. The maximum atomic E-state index is 12.8. The molecule has 0 aliphatic rings. The molecule has 2 aromatic carbocycles. The molecule has 0 aliphatic carbocycles. The van der Waals surface area contributed by atoms with Gasteiger partial charge in [0.05, 0.1) is 28.2 Å². The number of halogens is 3. The molecule has 0 fully saturated rings. The maximum absolute atomic E-state index is 12.8. The number of hydrogen-bond donors (Lipinski definition) is 2. The van der Waals surface area contributed by atoms with Gasteiger partial charge in [-0.05, 0) is 49.4 Å². The smallest absolute Gasteiger partial charge is 0.263 e. The normalized spacial score (nSPS) is 11.2. The van der Waals surface area contributed by atoms with Crippen LogP contribution >= 0.6 is 34.8 Å². The topological polar surface area (TPSA) is 110 Å². The van der Waals surface area contributed by atoms with Gasteiger partial charge in [0, 0.05) is 16.1 Å². The minimum Gasteiger partial charge on any atom is -0.306 e. The quantitative estimate of drug-likeness (QED) is 0.357.